The maximum absolute atomic E-state index is 12.7. The zero-order chi connectivity index (χ0) is 11.3. The van der Waals surface area contributed by atoms with Crippen LogP contribution in [0.1, 0.15) is 12.0 Å². The smallest absolute Gasteiger partial charge is 0.312 e. The van der Waals surface area contributed by atoms with Crippen LogP contribution in [0.2, 0.25) is 0 Å². The van der Waals surface area contributed by atoms with Crippen LogP contribution in [-0.4, -0.2) is 12.7 Å². The number of rotatable bonds is 4. The zero-order valence-corrected chi connectivity index (χ0v) is 9.17. The monoisotopic (exact) mass is 257 g/mol. The van der Waals surface area contributed by atoms with Gasteiger partial charge in [0, 0.05) is 13.1 Å². The van der Waals surface area contributed by atoms with E-state index in [1.54, 1.807) is 6.07 Å². The molecule has 0 aliphatic heterocycles. The molecule has 0 unspecified atom stereocenters. The van der Waals surface area contributed by atoms with Gasteiger partial charge in [-0.3, -0.25) is 0 Å². The molecule has 1 N–H and O–H groups in total. The molecule has 0 spiro atoms. The molecule has 6 heteroatoms. The van der Waals surface area contributed by atoms with Gasteiger partial charge in [0.15, 0.2) is 0 Å². The summed E-state index contributed by atoms with van der Waals surface area (Å²) in [5.74, 6) is -0.384. The summed E-state index contributed by atoms with van der Waals surface area (Å²) in [5.41, 5.74) is 0.636. The van der Waals surface area contributed by atoms with Crippen molar-refractivity contribution in [1.82, 2.24) is 5.32 Å². The molecule has 0 aliphatic rings. The summed E-state index contributed by atoms with van der Waals surface area (Å²) in [6.07, 6.45) is -5.02. The molecule has 0 atom stereocenters. The Morgan fingerprint density at radius 1 is 1.19 bits per heavy atom. The maximum atomic E-state index is 12.7. The van der Waals surface area contributed by atoms with Crippen LogP contribution >= 0.6 is 12.4 Å². The van der Waals surface area contributed by atoms with E-state index in [0.717, 1.165) is 0 Å². The van der Waals surface area contributed by atoms with Crippen LogP contribution in [0.5, 0.6) is 0 Å². The normalized spacial score (nSPS) is 11.0. The molecular weight excluding hydrogens is 246 g/mol. The van der Waals surface area contributed by atoms with Gasteiger partial charge in [-0.1, -0.05) is 12.1 Å². The Morgan fingerprint density at radius 2 is 1.88 bits per heavy atom. The van der Waals surface area contributed by atoms with Crippen molar-refractivity contribution < 1.29 is 17.6 Å². The Morgan fingerprint density at radius 3 is 2.44 bits per heavy atom. The van der Waals surface area contributed by atoms with E-state index in [9.17, 15) is 17.6 Å². The highest BCUT2D eigenvalue weighted by Crippen LogP contribution is 2.18. The van der Waals surface area contributed by atoms with E-state index >= 15 is 0 Å². The Bertz CT molecular complexity index is 314. The minimum absolute atomic E-state index is 0. The number of nitrogens with one attached hydrogen (secondary N) is 1. The van der Waals surface area contributed by atoms with Crippen molar-refractivity contribution in [2.24, 2.45) is 0 Å². The minimum atomic E-state index is -4.14. The van der Waals surface area contributed by atoms with Crippen LogP contribution in [0.15, 0.2) is 24.3 Å². The van der Waals surface area contributed by atoms with Crippen molar-refractivity contribution in [3.05, 3.63) is 35.6 Å². The van der Waals surface area contributed by atoms with Crippen LogP contribution in [0.4, 0.5) is 17.6 Å². The SMILES string of the molecule is Cl.Fc1cccc(CNCCC(F)(F)F)c1. The third-order valence-electron chi connectivity index (χ3n) is 1.80. The molecule has 0 saturated carbocycles. The van der Waals surface area contributed by atoms with E-state index in [1.807, 2.05) is 0 Å². The van der Waals surface area contributed by atoms with E-state index in [-0.39, 0.29) is 31.3 Å². The second-order valence-corrected chi connectivity index (χ2v) is 3.17. The van der Waals surface area contributed by atoms with E-state index in [2.05, 4.69) is 5.32 Å². The molecule has 1 nitrogen and oxygen atoms in total. The predicted molar refractivity (Wildman–Crippen MR) is 56.0 cm³/mol. The van der Waals surface area contributed by atoms with Gasteiger partial charge in [-0.25, -0.2) is 4.39 Å². The summed E-state index contributed by atoms with van der Waals surface area (Å²) in [5, 5.41) is 2.60. The third kappa shape index (κ3) is 6.63. The predicted octanol–water partition coefficient (Wildman–Crippen LogP) is 3.29. The molecule has 0 fully saturated rings. The molecule has 0 heterocycles. The van der Waals surface area contributed by atoms with Crippen molar-refractivity contribution in [2.45, 2.75) is 19.1 Å². The molecular formula is C10H12ClF4N. The van der Waals surface area contributed by atoms with Gasteiger partial charge in [0.2, 0.25) is 0 Å². The molecule has 1 aromatic rings. The lowest BCUT2D eigenvalue weighted by Gasteiger charge is -2.07. The van der Waals surface area contributed by atoms with Crippen LogP contribution in [0.3, 0.4) is 0 Å². The molecule has 1 rings (SSSR count). The summed E-state index contributed by atoms with van der Waals surface area (Å²) in [4.78, 5) is 0. The molecule has 0 aliphatic carbocycles. The fourth-order valence-corrected chi connectivity index (χ4v) is 1.11. The lowest BCUT2D eigenvalue weighted by molar-refractivity contribution is -0.133. The van der Waals surface area contributed by atoms with E-state index in [4.69, 9.17) is 0 Å². The van der Waals surface area contributed by atoms with Gasteiger partial charge in [0.1, 0.15) is 5.82 Å². The van der Waals surface area contributed by atoms with Gasteiger partial charge in [-0.05, 0) is 17.7 Å². The van der Waals surface area contributed by atoms with Crippen LogP contribution in [-0.2, 0) is 6.54 Å². The van der Waals surface area contributed by atoms with Crippen molar-refractivity contribution in [1.29, 1.82) is 0 Å². The lowest BCUT2D eigenvalue weighted by Crippen LogP contribution is -2.21. The Balaban J connectivity index is 0.00000225. The fourth-order valence-electron chi connectivity index (χ4n) is 1.11. The molecule has 16 heavy (non-hydrogen) atoms. The first-order valence-corrected chi connectivity index (χ1v) is 4.49. The quantitative estimate of drug-likeness (QED) is 0.645. The molecule has 92 valence electrons. The average molecular weight is 258 g/mol. The number of hydrogen-bond acceptors (Lipinski definition) is 1. The number of hydrogen-bond donors (Lipinski definition) is 1. The molecule has 0 aromatic heterocycles. The van der Waals surface area contributed by atoms with Gasteiger partial charge in [0.25, 0.3) is 0 Å². The lowest BCUT2D eigenvalue weighted by atomic mass is 10.2. The van der Waals surface area contributed by atoms with Crippen molar-refractivity contribution in [3.63, 3.8) is 0 Å². The van der Waals surface area contributed by atoms with Crippen molar-refractivity contribution in [3.8, 4) is 0 Å². The minimum Gasteiger partial charge on any atom is -0.312 e. The Hall–Kier alpha value is -0.810. The van der Waals surface area contributed by atoms with Crippen molar-refractivity contribution >= 4 is 12.4 Å². The average Bonchev–Trinajstić information content (AvgIpc) is 2.11. The molecule has 0 radical (unpaired) electrons. The standard InChI is InChI=1S/C10H11F4N.ClH/c11-9-3-1-2-8(6-9)7-15-5-4-10(12,13)14;/h1-3,6,15H,4-5,7H2;1H. The van der Waals surface area contributed by atoms with Gasteiger partial charge in [0.05, 0.1) is 6.42 Å². The number of alkyl halides is 3. The second kappa shape index (κ2) is 6.70. The third-order valence-corrected chi connectivity index (χ3v) is 1.80. The molecule has 0 bridgehead atoms. The molecule has 0 amide bonds. The van der Waals surface area contributed by atoms with Crippen molar-refractivity contribution in [2.75, 3.05) is 6.54 Å². The van der Waals surface area contributed by atoms with E-state index in [1.165, 1.54) is 18.2 Å². The zero-order valence-electron chi connectivity index (χ0n) is 8.35. The van der Waals surface area contributed by atoms with E-state index < -0.39 is 12.6 Å². The first kappa shape index (κ1) is 15.2. The molecule has 1 aromatic carbocycles. The van der Waals surface area contributed by atoms with Gasteiger partial charge >= 0.3 is 6.18 Å². The van der Waals surface area contributed by atoms with Crippen LogP contribution in [0.25, 0.3) is 0 Å². The maximum Gasteiger partial charge on any atom is 0.390 e. The summed E-state index contributed by atoms with van der Waals surface area (Å²) in [7, 11) is 0. The summed E-state index contributed by atoms with van der Waals surface area (Å²) in [6.45, 7) is 0.0911. The second-order valence-electron chi connectivity index (χ2n) is 3.17. The summed E-state index contributed by atoms with van der Waals surface area (Å²) >= 11 is 0. The van der Waals surface area contributed by atoms with Gasteiger partial charge in [-0.15, -0.1) is 12.4 Å². The first-order chi connectivity index (χ1) is 6.97. The summed E-state index contributed by atoms with van der Waals surface area (Å²) in [6, 6.07) is 5.76. The highest BCUT2D eigenvalue weighted by molar-refractivity contribution is 5.85. The fraction of sp³-hybridized carbons (Fsp3) is 0.400. The summed E-state index contributed by atoms with van der Waals surface area (Å²) < 4.78 is 47.9. The Kier molecular flexibility index (Phi) is 6.36. The number of halogens is 5. The van der Waals surface area contributed by atoms with Gasteiger partial charge < -0.3 is 5.32 Å². The molecule has 0 saturated heterocycles. The van der Waals surface area contributed by atoms with Crippen LogP contribution in [0, 0.1) is 5.82 Å². The Labute approximate surface area is 97.3 Å². The topological polar surface area (TPSA) is 12.0 Å². The highest BCUT2D eigenvalue weighted by Gasteiger charge is 2.25. The van der Waals surface area contributed by atoms with E-state index in [0.29, 0.717) is 5.56 Å². The number of benzene rings is 1. The van der Waals surface area contributed by atoms with Gasteiger partial charge in [-0.2, -0.15) is 13.2 Å². The first-order valence-electron chi connectivity index (χ1n) is 4.49. The highest BCUT2D eigenvalue weighted by atomic mass is 35.5. The largest absolute Gasteiger partial charge is 0.390 e. The van der Waals surface area contributed by atoms with Crippen LogP contribution < -0.4 is 5.32 Å².